The maximum absolute atomic E-state index is 11.8. The highest BCUT2D eigenvalue weighted by Crippen LogP contribution is 2.08. The molecule has 1 aliphatic heterocycles. The molecule has 0 saturated carbocycles. The van der Waals surface area contributed by atoms with E-state index in [1.54, 1.807) is 9.80 Å². The summed E-state index contributed by atoms with van der Waals surface area (Å²) < 4.78 is 0. The quantitative estimate of drug-likeness (QED) is 0.509. The molecule has 0 aliphatic carbocycles. The molecule has 0 spiro atoms. The van der Waals surface area contributed by atoms with Crippen LogP contribution in [0.25, 0.3) is 0 Å². The zero-order valence-electron chi connectivity index (χ0n) is 10.8. The Balaban J connectivity index is 2.35. The third-order valence-corrected chi connectivity index (χ3v) is 3.80. The van der Waals surface area contributed by atoms with Crippen molar-refractivity contribution < 1.29 is 9.59 Å². The third kappa shape index (κ3) is 4.22. The Morgan fingerprint density at radius 1 is 1.06 bits per heavy atom. The first-order valence-electron chi connectivity index (χ1n) is 6.36. The molecule has 1 saturated heterocycles. The number of thioether (sulfide) groups is 1. The van der Waals surface area contributed by atoms with Crippen LogP contribution in [0.1, 0.15) is 26.7 Å². The molecule has 5 heteroatoms. The topological polar surface area (TPSA) is 40.6 Å². The Morgan fingerprint density at radius 2 is 1.65 bits per heavy atom. The minimum absolute atomic E-state index is 0.314. The second kappa shape index (κ2) is 7.58. The maximum Gasteiger partial charge on any atom is 0.312 e. The van der Waals surface area contributed by atoms with Gasteiger partial charge in [0.15, 0.2) is 0 Å². The van der Waals surface area contributed by atoms with Gasteiger partial charge in [0.1, 0.15) is 0 Å². The van der Waals surface area contributed by atoms with E-state index in [0.29, 0.717) is 19.6 Å². The lowest BCUT2D eigenvalue weighted by Crippen LogP contribution is -2.54. The molecule has 2 amide bonds. The van der Waals surface area contributed by atoms with Crippen molar-refractivity contribution in [2.75, 3.05) is 37.7 Å². The van der Waals surface area contributed by atoms with Gasteiger partial charge in [-0.3, -0.25) is 9.59 Å². The summed E-state index contributed by atoms with van der Waals surface area (Å²) in [6.45, 7) is 6.96. The molecule has 1 aliphatic rings. The lowest BCUT2D eigenvalue weighted by molar-refractivity contribution is -0.156. The van der Waals surface area contributed by atoms with Crippen LogP contribution >= 0.6 is 11.8 Å². The molecule has 0 atom stereocenters. The molecule has 1 fully saturated rings. The highest BCUT2D eigenvalue weighted by atomic mass is 32.2. The standard InChI is InChI=1S/C12H22N2O2S/c1-3-6-13-8-9-14(12(16)11(13)15)7-5-10-17-4-2/h3-10H2,1-2H3. The van der Waals surface area contributed by atoms with Gasteiger partial charge in [-0.25, -0.2) is 0 Å². The highest BCUT2D eigenvalue weighted by molar-refractivity contribution is 7.99. The maximum atomic E-state index is 11.8. The minimum Gasteiger partial charge on any atom is -0.333 e. The number of carbonyl (C=O) groups is 2. The minimum atomic E-state index is -0.318. The number of hydrogen-bond acceptors (Lipinski definition) is 3. The molecule has 4 nitrogen and oxygen atoms in total. The van der Waals surface area contributed by atoms with Gasteiger partial charge in [0.2, 0.25) is 0 Å². The smallest absolute Gasteiger partial charge is 0.312 e. The van der Waals surface area contributed by atoms with E-state index >= 15 is 0 Å². The molecule has 0 radical (unpaired) electrons. The summed E-state index contributed by atoms with van der Waals surface area (Å²) in [4.78, 5) is 26.9. The van der Waals surface area contributed by atoms with E-state index in [1.165, 1.54) is 0 Å². The van der Waals surface area contributed by atoms with Crippen molar-refractivity contribution in [3.8, 4) is 0 Å². The van der Waals surface area contributed by atoms with E-state index in [1.807, 2.05) is 18.7 Å². The molecule has 98 valence electrons. The van der Waals surface area contributed by atoms with Crippen LogP contribution in [0.3, 0.4) is 0 Å². The van der Waals surface area contributed by atoms with Gasteiger partial charge in [-0.05, 0) is 24.3 Å². The first-order valence-corrected chi connectivity index (χ1v) is 7.52. The molecular formula is C12H22N2O2S. The summed E-state index contributed by atoms with van der Waals surface area (Å²) in [7, 11) is 0. The largest absolute Gasteiger partial charge is 0.333 e. The van der Waals surface area contributed by atoms with Crippen molar-refractivity contribution >= 4 is 23.6 Å². The van der Waals surface area contributed by atoms with Gasteiger partial charge in [-0.2, -0.15) is 11.8 Å². The van der Waals surface area contributed by atoms with Gasteiger partial charge in [0.05, 0.1) is 0 Å². The van der Waals surface area contributed by atoms with Crippen LogP contribution in [0.15, 0.2) is 0 Å². The fraction of sp³-hybridized carbons (Fsp3) is 0.833. The molecule has 0 unspecified atom stereocenters. The first kappa shape index (κ1) is 14.4. The van der Waals surface area contributed by atoms with Crippen molar-refractivity contribution in [3.63, 3.8) is 0 Å². The average molecular weight is 258 g/mol. The van der Waals surface area contributed by atoms with Gasteiger partial charge < -0.3 is 9.80 Å². The number of amides is 2. The summed E-state index contributed by atoms with van der Waals surface area (Å²) >= 11 is 1.87. The summed E-state index contributed by atoms with van der Waals surface area (Å²) in [5.41, 5.74) is 0. The van der Waals surface area contributed by atoms with Crippen molar-refractivity contribution in [2.45, 2.75) is 26.7 Å². The summed E-state index contributed by atoms with van der Waals surface area (Å²) in [6, 6.07) is 0. The molecule has 1 heterocycles. The Kier molecular flexibility index (Phi) is 6.40. The molecular weight excluding hydrogens is 236 g/mol. The van der Waals surface area contributed by atoms with Gasteiger partial charge in [0, 0.05) is 26.2 Å². The summed E-state index contributed by atoms with van der Waals surface area (Å²) in [5.74, 6) is 1.54. The number of rotatable bonds is 7. The van der Waals surface area contributed by atoms with Gasteiger partial charge in [-0.15, -0.1) is 0 Å². The fourth-order valence-electron chi connectivity index (χ4n) is 1.91. The second-order valence-electron chi connectivity index (χ2n) is 4.13. The molecule has 0 N–H and O–H groups in total. The lowest BCUT2D eigenvalue weighted by atomic mass is 10.2. The Bertz CT molecular complexity index is 269. The predicted octanol–water partition coefficient (Wildman–Crippen LogP) is 1.21. The normalized spacial score (nSPS) is 16.8. The molecule has 0 bridgehead atoms. The summed E-state index contributed by atoms with van der Waals surface area (Å²) in [5, 5.41) is 0. The van der Waals surface area contributed by atoms with Crippen LogP contribution in [0.5, 0.6) is 0 Å². The molecule has 0 aromatic carbocycles. The van der Waals surface area contributed by atoms with Gasteiger partial charge >= 0.3 is 11.8 Å². The summed E-state index contributed by atoms with van der Waals surface area (Å²) in [6.07, 6.45) is 1.89. The van der Waals surface area contributed by atoms with Crippen molar-refractivity contribution in [1.82, 2.24) is 9.80 Å². The number of carbonyl (C=O) groups excluding carboxylic acids is 2. The van der Waals surface area contributed by atoms with Crippen LogP contribution < -0.4 is 0 Å². The van der Waals surface area contributed by atoms with Crippen molar-refractivity contribution in [2.24, 2.45) is 0 Å². The SMILES string of the molecule is CCCN1CCN(CCCSCC)C(=O)C1=O. The molecule has 1 rings (SSSR count). The van der Waals surface area contributed by atoms with Crippen LogP contribution in [0, 0.1) is 0 Å². The van der Waals surface area contributed by atoms with E-state index in [4.69, 9.17) is 0 Å². The number of nitrogens with zero attached hydrogens (tertiary/aromatic N) is 2. The molecule has 17 heavy (non-hydrogen) atoms. The Labute approximate surface area is 108 Å². The fourth-order valence-corrected chi connectivity index (χ4v) is 2.54. The lowest BCUT2D eigenvalue weighted by Gasteiger charge is -2.33. The average Bonchev–Trinajstić information content (AvgIpc) is 2.33. The monoisotopic (exact) mass is 258 g/mol. The van der Waals surface area contributed by atoms with Gasteiger partial charge in [-0.1, -0.05) is 13.8 Å². The van der Waals surface area contributed by atoms with Crippen LogP contribution in [0.2, 0.25) is 0 Å². The van der Waals surface area contributed by atoms with E-state index in [-0.39, 0.29) is 11.8 Å². The third-order valence-electron chi connectivity index (χ3n) is 2.81. The second-order valence-corrected chi connectivity index (χ2v) is 5.53. The van der Waals surface area contributed by atoms with Gasteiger partial charge in [0.25, 0.3) is 0 Å². The molecule has 0 aromatic heterocycles. The number of piperazine rings is 1. The Morgan fingerprint density at radius 3 is 2.18 bits per heavy atom. The van der Waals surface area contributed by atoms with E-state index in [2.05, 4.69) is 6.92 Å². The predicted molar refractivity (Wildman–Crippen MR) is 71.1 cm³/mol. The van der Waals surface area contributed by atoms with Crippen LogP contribution in [0.4, 0.5) is 0 Å². The molecule has 0 aromatic rings. The van der Waals surface area contributed by atoms with Crippen molar-refractivity contribution in [3.05, 3.63) is 0 Å². The van der Waals surface area contributed by atoms with Crippen LogP contribution in [-0.2, 0) is 9.59 Å². The highest BCUT2D eigenvalue weighted by Gasteiger charge is 2.31. The van der Waals surface area contributed by atoms with E-state index in [0.717, 1.165) is 30.9 Å². The first-order chi connectivity index (χ1) is 8.20. The Hall–Kier alpha value is -0.710. The van der Waals surface area contributed by atoms with E-state index < -0.39 is 0 Å². The number of hydrogen-bond donors (Lipinski definition) is 0. The van der Waals surface area contributed by atoms with Crippen molar-refractivity contribution in [1.29, 1.82) is 0 Å². The van der Waals surface area contributed by atoms with Crippen LogP contribution in [-0.4, -0.2) is 59.3 Å². The zero-order chi connectivity index (χ0) is 12.7. The van der Waals surface area contributed by atoms with E-state index in [9.17, 15) is 9.59 Å². The zero-order valence-corrected chi connectivity index (χ0v) is 11.6.